The Labute approximate surface area is 155 Å². The largest absolute Gasteiger partial charge is 0.466 e. The van der Waals surface area contributed by atoms with E-state index >= 15 is 0 Å². The van der Waals surface area contributed by atoms with Gasteiger partial charge in [-0.05, 0) is 13.0 Å². The summed E-state index contributed by atoms with van der Waals surface area (Å²) < 4.78 is 34.0. The Morgan fingerprint density at radius 2 is 2.30 bits per heavy atom. The number of nitrogens with one attached hydrogen (secondary N) is 1. The lowest BCUT2D eigenvalue weighted by Gasteiger charge is -2.07. The number of esters is 1. The van der Waals surface area contributed by atoms with E-state index in [1.54, 1.807) is 12.3 Å². The monoisotopic (exact) mass is 400 g/mol. The van der Waals surface area contributed by atoms with Crippen molar-refractivity contribution in [1.82, 2.24) is 4.98 Å². The predicted octanol–water partition coefficient (Wildman–Crippen LogP) is 3.20. The fourth-order valence-electron chi connectivity index (χ4n) is 1.91. The number of nitro benzene ring substituents is 1. The fourth-order valence-corrected chi connectivity index (χ4v) is 2.57. The number of thiazole rings is 1. The zero-order valence-electron chi connectivity index (χ0n) is 13.9. The van der Waals surface area contributed by atoms with Gasteiger partial charge in [-0.1, -0.05) is 0 Å². The number of nitrogens with zero attached hydrogens (tertiary/aromatic N) is 3. The molecule has 1 N–H and O–H groups in total. The number of carbonyl (C=O) groups excluding carboxylic acids is 1. The Bertz CT molecular complexity index is 843. The number of anilines is 1. The first-order chi connectivity index (χ1) is 12.9. The minimum absolute atomic E-state index is 0.00694. The van der Waals surface area contributed by atoms with Gasteiger partial charge in [0.15, 0.2) is 0 Å². The van der Waals surface area contributed by atoms with Crippen molar-refractivity contribution in [2.75, 3.05) is 12.0 Å². The normalized spacial score (nSPS) is 11.0. The molecule has 0 saturated heterocycles. The van der Waals surface area contributed by atoms with E-state index in [1.165, 1.54) is 0 Å². The summed E-state index contributed by atoms with van der Waals surface area (Å²) in [6.45, 7) is -1.12. The second kappa shape index (κ2) is 9.52. The number of rotatable bonds is 9. The van der Waals surface area contributed by atoms with Gasteiger partial charge in [0.05, 0.1) is 29.9 Å². The van der Waals surface area contributed by atoms with Crippen molar-refractivity contribution in [1.29, 1.82) is 0 Å². The van der Waals surface area contributed by atoms with Gasteiger partial charge in [0.25, 0.3) is 5.69 Å². The predicted molar refractivity (Wildman–Crippen MR) is 93.4 cm³/mol. The molecule has 0 fully saturated rings. The fraction of sp³-hybridized carbons (Fsp3) is 0.267. The summed E-state index contributed by atoms with van der Waals surface area (Å²) >= 11 is 1.16. The van der Waals surface area contributed by atoms with Crippen LogP contribution in [0, 0.1) is 10.1 Å². The van der Waals surface area contributed by atoms with E-state index in [-0.39, 0.29) is 30.0 Å². The second-order valence-corrected chi connectivity index (χ2v) is 5.71. The lowest BCUT2D eigenvalue weighted by molar-refractivity contribution is -0.384. The van der Waals surface area contributed by atoms with Gasteiger partial charge in [0, 0.05) is 23.1 Å². The summed E-state index contributed by atoms with van der Waals surface area (Å²) in [5.74, 6) is -0.675. The highest BCUT2D eigenvalue weighted by Gasteiger charge is 2.14. The maximum absolute atomic E-state index is 12.4. The van der Waals surface area contributed by atoms with Crippen LogP contribution in [0.2, 0.25) is 0 Å². The lowest BCUT2D eigenvalue weighted by atomic mass is 10.2. The van der Waals surface area contributed by atoms with Gasteiger partial charge in [-0.2, -0.15) is 13.9 Å². The summed E-state index contributed by atoms with van der Waals surface area (Å²) in [5.41, 5.74) is 2.72. The summed E-state index contributed by atoms with van der Waals surface area (Å²) in [5, 5.41) is 16.6. The van der Waals surface area contributed by atoms with E-state index in [1.807, 2.05) is 0 Å². The highest BCUT2D eigenvalue weighted by atomic mass is 32.1. The topological polar surface area (TPSA) is 116 Å². The third-order valence-corrected chi connectivity index (χ3v) is 3.76. The van der Waals surface area contributed by atoms with E-state index in [4.69, 9.17) is 4.74 Å². The Hall–Kier alpha value is -3.15. The molecule has 2 rings (SSSR count). The highest BCUT2D eigenvalue weighted by Crippen LogP contribution is 2.24. The molecule has 0 saturated carbocycles. The van der Waals surface area contributed by atoms with Crippen molar-refractivity contribution in [3.05, 3.63) is 45.0 Å². The SMILES string of the molecule is CCOC(=O)Cc1csc(NN=Cc2cc([N+](=O)[O-])ccc2OC(F)F)n1. The van der Waals surface area contributed by atoms with Crippen LogP contribution in [0.5, 0.6) is 5.75 Å². The van der Waals surface area contributed by atoms with Crippen LogP contribution in [0.4, 0.5) is 19.6 Å². The van der Waals surface area contributed by atoms with Crippen molar-refractivity contribution in [2.45, 2.75) is 20.0 Å². The van der Waals surface area contributed by atoms with Gasteiger partial charge < -0.3 is 9.47 Å². The third-order valence-electron chi connectivity index (χ3n) is 2.97. The average molecular weight is 400 g/mol. The number of hydrogen-bond donors (Lipinski definition) is 1. The van der Waals surface area contributed by atoms with E-state index in [9.17, 15) is 23.7 Å². The molecule has 1 heterocycles. The van der Waals surface area contributed by atoms with Gasteiger partial charge in [-0.15, -0.1) is 11.3 Å². The molecule has 27 heavy (non-hydrogen) atoms. The van der Waals surface area contributed by atoms with Gasteiger partial charge >= 0.3 is 12.6 Å². The summed E-state index contributed by atoms with van der Waals surface area (Å²) in [4.78, 5) is 25.7. The van der Waals surface area contributed by atoms with Crippen LogP contribution < -0.4 is 10.2 Å². The molecule has 0 aliphatic heterocycles. The molecule has 0 bridgehead atoms. The number of alkyl halides is 2. The summed E-state index contributed by atoms with van der Waals surface area (Å²) in [7, 11) is 0. The van der Waals surface area contributed by atoms with Gasteiger partial charge in [-0.25, -0.2) is 4.98 Å². The van der Waals surface area contributed by atoms with Crippen molar-refractivity contribution in [2.24, 2.45) is 5.10 Å². The van der Waals surface area contributed by atoms with Crippen LogP contribution >= 0.6 is 11.3 Å². The number of aromatic nitrogens is 1. The smallest absolute Gasteiger partial charge is 0.387 e. The van der Waals surface area contributed by atoms with Crippen LogP contribution in [0.15, 0.2) is 28.7 Å². The molecule has 1 aromatic carbocycles. The quantitative estimate of drug-likeness (QED) is 0.297. The molecule has 0 aliphatic carbocycles. The van der Waals surface area contributed by atoms with E-state index in [0.717, 1.165) is 35.8 Å². The molecule has 12 heteroatoms. The van der Waals surface area contributed by atoms with Crippen LogP contribution in [0.25, 0.3) is 0 Å². The Morgan fingerprint density at radius 1 is 1.52 bits per heavy atom. The summed E-state index contributed by atoms with van der Waals surface area (Å²) in [6.07, 6.45) is 1.10. The molecule has 9 nitrogen and oxygen atoms in total. The third kappa shape index (κ3) is 6.26. The zero-order chi connectivity index (χ0) is 19.8. The molecule has 0 radical (unpaired) electrons. The maximum atomic E-state index is 12.4. The average Bonchev–Trinajstić information content (AvgIpc) is 3.03. The molecule has 1 aromatic heterocycles. The number of hydrogen-bond acceptors (Lipinski definition) is 9. The number of ether oxygens (including phenoxy) is 2. The maximum Gasteiger partial charge on any atom is 0.387 e. The van der Waals surface area contributed by atoms with Crippen molar-refractivity contribution < 1.29 is 28.0 Å². The standard InChI is InChI=1S/C15H14F2N4O5S/c1-2-25-13(22)6-10-8-27-15(19-10)20-18-7-9-5-11(21(23)24)3-4-12(9)26-14(16)17/h3-5,7-8,14H,2,6H2,1H3,(H,19,20). The first kappa shape index (κ1) is 20.2. The molecule has 0 atom stereocenters. The van der Waals surface area contributed by atoms with Crippen molar-refractivity contribution in [3.8, 4) is 5.75 Å². The minimum atomic E-state index is -3.09. The second-order valence-electron chi connectivity index (χ2n) is 4.85. The number of benzene rings is 1. The van der Waals surface area contributed by atoms with E-state index in [2.05, 4.69) is 20.2 Å². The van der Waals surface area contributed by atoms with Gasteiger partial charge in [0.1, 0.15) is 5.75 Å². The minimum Gasteiger partial charge on any atom is -0.466 e. The number of carbonyl (C=O) groups is 1. The molecule has 2 aromatic rings. The van der Waals surface area contributed by atoms with Gasteiger partial charge in [0.2, 0.25) is 5.13 Å². The lowest BCUT2D eigenvalue weighted by Crippen LogP contribution is -2.07. The van der Waals surface area contributed by atoms with Gasteiger partial charge in [-0.3, -0.25) is 20.3 Å². The van der Waals surface area contributed by atoms with E-state index in [0.29, 0.717) is 10.8 Å². The van der Waals surface area contributed by atoms with Crippen LogP contribution in [0.1, 0.15) is 18.2 Å². The molecular weight excluding hydrogens is 386 g/mol. The number of non-ortho nitro benzene ring substituents is 1. The molecular formula is C15H14F2N4O5S. The Kier molecular flexibility index (Phi) is 7.11. The summed E-state index contributed by atoms with van der Waals surface area (Å²) in [6, 6.07) is 3.16. The highest BCUT2D eigenvalue weighted by molar-refractivity contribution is 7.13. The molecule has 0 amide bonds. The van der Waals surface area contributed by atoms with Crippen LogP contribution in [0.3, 0.4) is 0 Å². The molecule has 0 spiro atoms. The number of nitro groups is 1. The molecule has 144 valence electrons. The van der Waals surface area contributed by atoms with Crippen molar-refractivity contribution >= 4 is 34.3 Å². The first-order valence-corrected chi connectivity index (χ1v) is 8.39. The Balaban J connectivity index is 2.08. The molecule has 0 aliphatic rings. The van der Waals surface area contributed by atoms with Crippen LogP contribution in [-0.4, -0.2) is 35.3 Å². The number of hydrazone groups is 1. The number of halogens is 2. The van der Waals surface area contributed by atoms with Crippen LogP contribution in [-0.2, 0) is 16.0 Å². The Morgan fingerprint density at radius 3 is 2.96 bits per heavy atom. The van der Waals surface area contributed by atoms with E-state index < -0.39 is 17.5 Å². The first-order valence-electron chi connectivity index (χ1n) is 7.51. The molecule has 0 unspecified atom stereocenters. The zero-order valence-corrected chi connectivity index (χ0v) is 14.7. The van der Waals surface area contributed by atoms with Crippen molar-refractivity contribution in [3.63, 3.8) is 0 Å².